The van der Waals surface area contributed by atoms with Crippen molar-refractivity contribution in [1.82, 2.24) is 21.3 Å². The maximum atomic E-state index is 5.35. The summed E-state index contributed by atoms with van der Waals surface area (Å²) in [5.74, 6) is 0. The third-order valence-corrected chi connectivity index (χ3v) is 2.08. The van der Waals surface area contributed by atoms with Crippen LogP contribution in [0.5, 0.6) is 0 Å². The summed E-state index contributed by atoms with van der Waals surface area (Å²) in [6, 6.07) is 0. The molecular formula is C10H28CuN6+. The molecule has 0 saturated carbocycles. The summed E-state index contributed by atoms with van der Waals surface area (Å²) in [5, 5.41) is 13.1. The molecule has 0 spiro atoms. The van der Waals surface area contributed by atoms with Gasteiger partial charge in [0, 0.05) is 65.4 Å². The first-order chi connectivity index (χ1) is 7.91. The van der Waals surface area contributed by atoms with Crippen LogP contribution in [0.25, 0.3) is 0 Å². The van der Waals surface area contributed by atoms with Crippen LogP contribution in [-0.2, 0) is 17.1 Å². The molecule has 0 aromatic carbocycles. The molecule has 0 rings (SSSR count). The molecule has 17 heavy (non-hydrogen) atoms. The predicted octanol–water partition coefficient (Wildman–Crippen LogP) is -2.74. The van der Waals surface area contributed by atoms with Crippen molar-refractivity contribution in [3.8, 4) is 0 Å². The van der Waals surface area contributed by atoms with Crippen molar-refractivity contribution >= 4 is 0 Å². The monoisotopic (exact) mass is 295 g/mol. The number of hydrogen-bond donors (Lipinski definition) is 6. The minimum atomic E-state index is 0. The second-order valence-corrected chi connectivity index (χ2v) is 3.58. The number of nitrogens with one attached hydrogen (secondary N) is 4. The van der Waals surface area contributed by atoms with E-state index in [0.29, 0.717) is 13.1 Å². The summed E-state index contributed by atoms with van der Waals surface area (Å²) >= 11 is 0. The molecule has 6 nitrogen and oxygen atoms in total. The number of hydrogen-bond acceptors (Lipinski definition) is 6. The molecule has 0 bridgehead atoms. The zero-order chi connectivity index (χ0) is 11.9. The smallest absolute Gasteiger partial charge is 0.329 e. The fourth-order valence-corrected chi connectivity index (χ4v) is 1.23. The first-order valence-electron chi connectivity index (χ1n) is 6.14. The molecule has 0 atom stereocenters. The van der Waals surface area contributed by atoms with Crippen LogP contribution in [-0.4, -0.2) is 65.4 Å². The van der Waals surface area contributed by atoms with Gasteiger partial charge in [0.2, 0.25) is 0 Å². The Balaban J connectivity index is 0. The second kappa shape index (κ2) is 18.6. The summed E-state index contributed by atoms with van der Waals surface area (Å²) in [7, 11) is 0. The van der Waals surface area contributed by atoms with Crippen molar-refractivity contribution in [2.75, 3.05) is 65.4 Å². The standard InChI is InChI=1S/C10H28N6.Cu/c11-1-3-13-5-7-15-9-10-16-8-6-14-4-2-12;/h13-16H,1-12H2;/q;+1. The zero-order valence-corrected chi connectivity index (χ0v) is 11.5. The van der Waals surface area contributed by atoms with Gasteiger partial charge >= 0.3 is 17.1 Å². The van der Waals surface area contributed by atoms with E-state index >= 15 is 0 Å². The minimum Gasteiger partial charge on any atom is -0.329 e. The molecule has 0 radical (unpaired) electrons. The van der Waals surface area contributed by atoms with Crippen LogP contribution < -0.4 is 32.7 Å². The van der Waals surface area contributed by atoms with Gasteiger partial charge in [-0.15, -0.1) is 0 Å². The molecule has 0 aliphatic heterocycles. The fraction of sp³-hybridized carbons (Fsp3) is 1.00. The van der Waals surface area contributed by atoms with E-state index in [4.69, 9.17) is 11.5 Å². The molecule has 0 amide bonds. The van der Waals surface area contributed by atoms with Crippen molar-refractivity contribution in [2.24, 2.45) is 11.5 Å². The number of rotatable bonds is 13. The maximum absolute atomic E-state index is 5.35. The summed E-state index contributed by atoms with van der Waals surface area (Å²) in [6.45, 7) is 9.15. The summed E-state index contributed by atoms with van der Waals surface area (Å²) in [5.41, 5.74) is 10.7. The van der Waals surface area contributed by atoms with Crippen molar-refractivity contribution in [3.63, 3.8) is 0 Å². The molecular weight excluding hydrogens is 268 g/mol. The summed E-state index contributed by atoms with van der Waals surface area (Å²) < 4.78 is 0. The van der Waals surface area contributed by atoms with Gasteiger partial charge in [0.05, 0.1) is 0 Å². The van der Waals surface area contributed by atoms with Gasteiger partial charge in [-0.3, -0.25) is 0 Å². The van der Waals surface area contributed by atoms with Gasteiger partial charge in [-0.1, -0.05) is 0 Å². The molecule has 0 aliphatic carbocycles. The van der Waals surface area contributed by atoms with Crippen LogP contribution >= 0.6 is 0 Å². The summed E-state index contributed by atoms with van der Waals surface area (Å²) in [6.07, 6.45) is 0. The molecule has 8 N–H and O–H groups in total. The third-order valence-electron chi connectivity index (χ3n) is 2.08. The average molecular weight is 296 g/mol. The van der Waals surface area contributed by atoms with Crippen molar-refractivity contribution in [1.29, 1.82) is 0 Å². The van der Waals surface area contributed by atoms with E-state index in [1.54, 1.807) is 0 Å². The molecule has 0 saturated heterocycles. The van der Waals surface area contributed by atoms with E-state index in [1.165, 1.54) is 0 Å². The largest absolute Gasteiger partial charge is 1.00 e. The van der Waals surface area contributed by atoms with Gasteiger partial charge in [-0.2, -0.15) is 0 Å². The van der Waals surface area contributed by atoms with Crippen LogP contribution in [0.15, 0.2) is 0 Å². The van der Waals surface area contributed by atoms with Crippen LogP contribution in [0.2, 0.25) is 0 Å². The first-order valence-corrected chi connectivity index (χ1v) is 6.14. The Morgan fingerprint density at radius 3 is 0.941 bits per heavy atom. The Morgan fingerprint density at radius 2 is 0.706 bits per heavy atom. The number of nitrogens with two attached hydrogens (primary N) is 2. The molecule has 0 heterocycles. The van der Waals surface area contributed by atoms with E-state index in [-0.39, 0.29) is 17.1 Å². The van der Waals surface area contributed by atoms with Gasteiger partial charge in [0.25, 0.3) is 0 Å². The molecule has 0 aromatic heterocycles. The van der Waals surface area contributed by atoms with Crippen LogP contribution in [0, 0.1) is 0 Å². The van der Waals surface area contributed by atoms with E-state index in [0.717, 1.165) is 52.4 Å². The molecule has 0 aromatic rings. The Hall–Kier alpha value is 0.279. The SMILES string of the molecule is NCCNCCNCCNCCNCCN.[Cu+]. The Bertz CT molecular complexity index is 113. The quantitative estimate of drug-likeness (QED) is 0.163. The topological polar surface area (TPSA) is 100 Å². The Labute approximate surface area is 115 Å². The second-order valence-electron chi connectivity index (χ2n) is 3.58. The van der Waals surface area contributed by atoms with E-state index in [9.17, 15) is 0 Å². The first kappa shape index (κ1) is 19.6. The van der Waals surface area contributed by atoms with Crippen molar-refractivity contribution < 1.29 is 17.1 Å². The van der Waals surface area contributed by atoms with Crippen molar-refractivity contribution in [3.05, 3.63) is 0 Å². The van der Waals surface area contributed by atoms with Crippen LogP contribution in [0.3, 0.4) is 0 Å². The van der Waals surface area contributed by atoms with Gasteiger partial charge in [0.1, 0.15) is 0 Å². The van der Waals surface area contributed by atoms with Gasteiger partial charge in [0.15, 0.2) is 0 Å². The summed E-state index contributed by atoms with van der Waals surface area (Å²) in [4.78, 5) is 0. The predicted molar refractivity (Wildman–Crippen MR) is 69.6 cm³/mol. The normalized spacial score (nSPS) is 10.2. The fourth-order valence-electron chi connectivity index (χ4n) is 1.23. The molecule has 7 heteroatoms. The van der Waals surface area contributed by atoms with Gasteiger partial charge < -0.3 is 32.7 Å². The Morgan fingerprint density at radius 1 is 0.471 bits per heavy atom. The molecule has 108 valence electrons. The molecule has 0 unspecified atom stereocenters. The Kier molecular flexibility index (Phi) is 21.5. The van der Waals surface area contributed by atoms with Gasteiger partial charge in [-0.25, -0.2) is 0 Å². The van der Waals surface area contributed by atoms with E-state index < -0.39 is 0 Å². The maximum Gasteiger partial charge on any atom is 1.00 e. The minimum absolute atomic E-state index is 0. The van der Waals surface area contributed by atoms with Crippen molar-refractivity contribution in [2.45, 2.75) is 0 Å². The third kappa shape index (κ3) is 18.8. The average Bonchev–Trinajstić information content (AvgIpc) is 2.31. The molecule has 0 fully saturated rings. The van der Waals surface area contributed by atoms with Gasteiger partial charge in [-0.05, 0) is 0 Å². The van der Waals surface area contributed by atoms with Crippen LogP contribution in [0.1, 0.15) is 0 Å². The van der Waals surface area contributed by atoms with E-state index in [1.807, 2.05) is 0 Å². The molecule has 0 aliphatic rings. The van der Waals surface area contributed by atoms with Crippen LogP contribution in [0.4, 0.5) is 0 Å². The zero-order valence-electron chi connectivity index (χ0n) is 10.5. The van der Waals surface area contributed by atoms with E-state index in [2.05, 4.69) is 21.3 Å².